The SMILES string of the molecule is CC(C)(C)CS(=O)(=O)c1cccc(NC(=O)c2ccc(F)nc2N2CCC3(CC2)CC3)c1.CC(C)(C)NS(=O)(=O)c1cccc(N)c1.O=C(O)c1ccc(F)nc1N1CCC2(CC1)CC2. The van der Waals surface area contributed by atoms with E-state index in [0.717, 1.165) is 57.9 Å². The molecule has 2 saturated carbocycles. The summed E-state index contributed by atoms with van der Waals surface area (Å²) in [4.78, 5) is 36.2. The standard InChI is InChI=1S/C24H30FN3O3S.C13H15FN2O2.C10H16N2O2S/c1-23(2,3)16-32(30,31)18-6-4-5-17(15-18)26-22(29)19-7-8-20(25)27-21(19)28-13-11-24(9-10-24)12-14-28;14-10-2-1-9(12(17)18)11(15-10)16-7-5-13(3-4-13)6-8-16;1-10(2,3)12-15(13,14)9-6-4-5-8(11)7-9/h4-8,15H,9-14,16H2,1-3H3,(H,26,29);1-2H,3-8H2,(H,17,18);4-7,12H,11H2,1-3H3. The Bertz CT molecular complexity index is 2610. The number of carboxylic acid groups (broad SMARTS) is 1. The van der Waals surface area contributed by atoms with E-state index in [1.54, 1.807) is 45.0 Å². The molecule has 2 aliphatic heterocycles. The number of hydrogen-bond donors (Lipinski definition) is 4. The van der Waals surface area contributed by atoms with Crippen molar-refractivity contribution in [3.05, 3.63) is 95.8 Å². The fourth-order valence-electron chi connectivity index (χ4n) is 8.18. The number of aromatic carboxylic acids is 1. The number of anilines is 4. The number of hydrogen-bond acceptors (Lipinski definition) is 11. The zero-order valence-electron chi connectivity index (χ0n) is 38.0. The Balaban J connectivity index is 0.000000179. The Morgan fingerprint density at radius 1 is 0.692 bits per heavy atom. The van der Waals surface area contributed by atoms with E-state index in [1.165, 1.54) is 68.1 Å². The van der Waals surface area contributed by atoms with Crippen molar-refractivity contribution in [2.75, 3.05) is 52.8 Å². The molecule has 8 rings (SSSR count). The van der Waals surface area contributed by atoms with Crippen LogP contribution in [0.15, 0.2) is 82.6 Å². The minimum absolute atomic E-state index is 0.000118. The fourth-order valence-corrected chi connectivity index (χ4v) is 11.6. The van der Waals surface area contributed by atoms with Crippen LogP contribution < -0.4 is 25.6 Å². The number of aromatic nitrogens is 2. The number of piperidine rings is 2. The summed E-state index contributed by atoms with van der Waals surface area (Å²) in [5, 5.41) is 11.9. The number of carbonyl (C=O) groups excluding carboxylic acids is 1. The Hall–Kier alpha value is -5.20. The molecule has 18 heteroatoms. The van der Waals surface area contributed by atoms with Crippen molar-refractivity contribution in [2.24, 2.45) is 16.2 Å². The zero-order chi connectivity index (χ0) is 47.6. The number of sulfone groups is 1. The van der Waals surface area contributed by atoms with Crippen LogP contribution in [0.3, 0.4) is 0 Å². The van der Waals surface area contributed by atoms with Gasteiger partial charge in [0.25, 0.3) is 5.91 Å². The highest BCUT2D eigenvalue weighted by atomic mass is 32.2. The number of nitrogens with zero attached hydrogens (tertiary/aromatic N) is 4. The molecule has 0 bridgehead atoms. The van der Waals surface area contributed by atoms with Crippen molar-refractivity contribution in [1.29, 1.82) is 0 Å². The number of nitrogen functional groups attached to an aromatic ring is 1. The molecule has 0 unspecified atom stereocenters. The number of rotatable bonds is 9. The third-order valence-corrected chi connectivity index (χ3v) is 16.0. The summed E-state index contributed by atoms with van der Waals surface area (Å²) in [5.41, 5.74) is 6.77. The summed E-state index contributed by atoms with van der Waals surface area (Å²) < 4.78 is 78.8. The van der Waals surface area contributed by atoms with Crippen LogP contribution in [0.1, 0.15) is 114 Å². The van der Waals surface area contributed by atoms with Gasteiger partial charge in [0.05, 0.1) is 21.1 Å². The highest BCUT2D eigenvalue weighted by Gasteiger charge is 2.46. The molecular formula is C47H61F2N7O7S2. The van der Waals surface area contributed by atoms with E-state index >= 15 is 0 Å². The Morgan fingerprint density at radius 2 is 1.17 bits per heavy atom. The van der Waals surface area contributed by atoms with Crippen LogP contribution in [-0.2, 0) is 19.9 Å². The van der Waals surface area contributed by atoms with Crippen LogP contribution in [-0.4, -0.2) is 81.3 Å². The number of amides is 1. The number of nitrogens with one attached hydrogen (secondary N) is 2. The summed E-state index contributed by atoms with van der Waals surface area (Å²) in [6, 6.07) is 17.5. The van der Waals surface area contributed by atoms with Crippen molar-refractivity contribution < 1.29 is 40.3 Å². The van der Waals surface area contributed by atoms with E-state index in [0.29, 0.717) is 28.0 Å². The van der Waals surface area contributed by atoms with Gasteiger partial charge >= 0.3 is 5.97 Å². The molecule has 4 fully saturated rings. The first-order valence-corrected chi connectivity index (χ1v) is 25.0. The molecule has 5 N–H and O–H groups in total. The van der Waals surface area contributed by atoms with E-state index < -0.39 is 49.2 Å². The largest absolute Gasteiger partial charge is 0.478 e. The quantitative estimate of drug-likeness (QED) is 0.0924. The van der Waals surface area contributed by atoms with Gasteiger partial charge in [-0.25, -0.2) is 36.3 Å². The maximum absolute atomic E-state index is 13.9. The van der Waals surface area contributed by atoms with Gasteiger partial charge in [0.2, 0.25) is 21.9 Å². The van der Waals surface area contributed by atoms with Crippen LogP contribution in [0.25, 0.3) is 0 Å². The third kappa shape index (κ3) is 13.4. The summed E-state index contributed by atoms with van der Waals surface area (Å²) in [6.45, 7) is 14.0. The second-order valence-electron chi connectivity index (χ2n) is 20.0. The lowest BCUT2D eigenvalue weighted by atomic mass is 9.93. The van der Waals surface area contributed by atoms with Gasteiger partial charge in [-0.3, -0.25) is 4.79 Å². The number of halogens is 2. The molecule has 14 nitrogen and oxygen atoms in total. The number of sulfonamides is 1. The molecule has 4 aromatic rings. The molecule has 2 saturated heterocycles. The van der Waals surface area contributed by atoms with Crippen LogP contribution in [0.4, 0.5) is 31.8 Å². The van der Waals surface area contributed by atoms with E-state index in [9.17, 15) is 35.2 Å². The van der Waals surface area contributed by atoms with Crippen LogP contribution >= 0.6 is 0 Å². The van der Waals surface area contributed by atoms with Crippen molar-refractivity contribution in [3.8, 4) is 0 Å². The number of benzene rings is 2. The van der Waals surface area contributed by atoms with E-state index in [4.69, 9.17) is 10.8 Å². The van der Waals surface area contributed by atoms with Crippen LogP contribution in [0.5, 0.6) is 0 Å². The second kappa shape index (κ2) is 19.0. The number of pyridine rings is 2. The zero-order valence-corrected chi connectivity index (χ0v) is 39.6. The number of nitrogens with two attached hydrogens (primary N) is 1. The van der Waals surface area contributed by atoms with Crippen molar-refractivity contribution in [2.45, 2.75) is 108 Å². The lowest BCUT2D eigenvalue weighted by Crippen LogP contribution is -2.40. The van der Waals surface area contributed by atoms with Gasteiger partial charge in [-0.2, -0.15) is 8.78 Å². The molecule has 2 spiro atoms. The smallest absolute Gasteiger partial charge is 0.339 e. The summed E-state index contributed by atoms with van der Waals surface area (Å²) in [5.74, 6) is -2.12. The molecule has 1 amide bonds. The van der Waals surface area contributed by atoms with Gasteiger partial charge < -0.3 is 26.0 Å². The molecule has 2 aliphatic carbocycles. The highest BCUT2D eigenvalue weighted by Crippen LogP contribution is 2.54. The van der Waals surface area contributed by atoms with Gasteiger partial charge in [0.1, 0.15) is 17.2 Å². The van der Waals surface area contributed by atoms with Gasteiger partial charge in [-0.1, -0.05) is 32.9 Å². The molecule has 4 aliphatic rings. The van der Waals surface area contributed by atoms with Crippen LogP contribution in [0.2, 0.25) is 0 Å². The van der Waals surface area contributed by atoms with Crippen molar-refractivity contribution in [3.63, 3.8) is 0 Å². The van der Waals surface area contributed by atoms with E-state index in [2.05, 4.69) is 20.0 Å². The first kappa shape index (κ1) is 49.2. The van der Waals surface area contributed by atoms with E-state index in [-0.39, 0.29) is 37.9 Å². The third-order valence-electron chi connectivity index (χ3n) is 12.0. The average Bonchev–Trinajstić information content (AvgIpc) is 4.15. The molecule has 352 valence electrons. The second-order valence-corrected chi connectivity index (χ2v) is 23.7. The van der Waals surface area contributed by atoms with Crippen molar-refractivity contribution >= 4 is 54.7 Å². The minimum Gasteiger partial charge on any atom is -0.478 e. The first-order valence-electron chi connectivity index (χ1n) is 21.9. The molecule has 2 aromatic heterocycles. The Labute approximate surface area is 381 Å². The van der Waals surface area contributed by atoms with E-state index in [1.807, 2.05) is 30.6 Å². The fraction of sp³-hybridized carbons (Fsp3) is 0.489. The lowest BCUT2D eigenvalue weighted by molar-refractivity contribution is 0.0696. The summed E-state index contributed by atoms with van der Waals surface area (Å²) >= 11 is 0. The molecule has 2 aromatic carbocycles. The van der Waals surface area contributed by atoms with Crippen LogP contribution in [0, 0.1) is 28.1 Å². The Kier molecular flexibility index (Phi) is 14.4. The Morgan fingerprint density at radius 3 is 1.63 bits per heavy atom. The van der Waals surface area contributed by atoms with Gasteiger partial charge in [0, 0.05) is 43.1 Å². The average molecular weight is 938 g/mol. The van der Waals surface area contributed by atoms with Crippen molar-refractivity contribution in [1.82, 2.24) is 14.7 Å². The maximum Gasteiger partial charge on any atom is 0.339 e. The molecule has 0 atom stereocenters. The number of carboxylic acids is 1. The summed E-state index contributed by atoms with van der Waals surface area (Å²) in [7, 11) is -6.97. The maximum atomic E-state index is 13.9. The topological polar surface area (TPSA) is 205 Å². The molecule has 4 heterocycles. The highest BCUT2D eigenvalue weighted by molar-refractivity contribution is 7.91. The molecular weight excluding hydrogens is 877 g/mol. The molecule has 0 radical (unpaired) electrons. The predicted octanol–water partition coefficient (Wildman–Crippen LogP) is 8.32. The van der Waals surface area contributed by atoms with Gasteiger partial charge in [-0.05, 0) is 149 Å². The van der Waals surface area contributed by atoms with Gasteiger partial charge in [-0.15, -0.1) is 0 Å². The summed E-state index contributed by atoms with van der Waals surface area (Å²) in [6.07, 6.45) is 9.24. The monoisotopic (exact) mass is 937 g/mol. The predicted molar refractivity (Wildman–Crippen MR) is 248 cm³/mol. The van der Waals surface area contributed by atoms with Gasteiger partial charge in [0.15, 0.2) is 9.84 Å². The normalized spacial score (nSPS) is 17.6. The minimum atomic E-state index is -3.50. The first-order chi connectivity index (χ1) is 30.3. The molecule has 65 heavy (non-hydrogen) atoms. The number of carbonyl (C=O) groups is 2. The lowest BCUT2D eigenvalue weighted by Gasteiger charge is -2.33.